The number of hydrogen-bond donors (Lipinski definition) is 2. The zero-order valence-corrected chi connectivity index (χ0v) is 11.5. The highest BCUT2D eigenvalue weighted by Gasteiger charge is 2.15. The van der Waals surface area contributed by atoms with Gasteiger partial charge in [-0.15, -0.1) is 0 Å². The average Bonchev–Trinajstić information content (AvgIpc) is 2.46. The van der Waals surface area contributed by atoms with Crippen LogP contribution in [0.2, 0.25) is 0 Å². The summed E-state index contributed by atoms with van der Waals surface area (Å²) in [4.78, 5) is 0. The molecule has 4 nitrogen and oxygen atoms in total. The summed E-state index contributed by atoms with van der Waals surface area (Å²) < 4.78 is 31.3. The van der Waals surface area contributed by atoms with Crippen LogP contribution < -0.4 is 15.6 Å². The largest absolute Gasteiger partial charge is 0.508 e. The number of ether oxygens (including phenoxy) is 1. The fraction of sp³-hybridized carbons (Fsp3) is 0.200. The van der Waals surface area contributed by atoms with E-state index in [1.54, 1.807) is 13.1 Å². The Balaban J connectivity index is 2.21. The number of hydrogen-bond acceptors (Lipinski definition) is 4. The lowest BCUT2D eigenvalue weighted by Crippen LogP contribution is -2.26. The number of nitrogens with two attached hydrogens (primary N) is 1. The van der Waals surface area contributed by atoms with Gasteiger partial charge < -0.3 is 14.9 Å². The Labute approximate surface area is 121 Å². The van der Waals surface area contributed by atoms with E-state index < -0.39 is 6.43 Å². The van der Waals surface area contributed by atoms with Crippen LogP contribution in [0, 0.1) is 0 Å². The van der Waals surface area contributed by atoms with Crippen molar-refractivity contribution in [3.8, 4) is 11.5 Å². The van der Waals surface area contributed by atoms with Crippen LogP contribution in [0.1, 0.15) is 17.6 Å². The highest BCUT2D eigenvalue weighted by atomic mass is 19.3. The van der Waals surface area contributed by atoms with Crippen LogP contribution in [0.4, 0.5) is 14.5 Å². The van der Waals surface area contributed by atoms with E-state index in [9.17, 15) is 13.9 Å². The molecule has 0 saturated carbocycles. The van der Waals surface area contributed by atoms with E-state index in [4.69, 9.17) is 10.6 Å². The van der Waals surface area contributed by atoms with Gasteiger partial charge in [0.1, 0.15) is 18.1 Å². The maximum Gasteiger partial charge on any atom is 0.267 e. The van der Waals surface area contributed by atoms with Crippen LogP contribution in [0.25, 0.3) is 0 Å². The van der Waals surface area contributed by atoms with Crippen LogP contribution in [0.3, 0.4) is 0 Å². The van der Waals surface area contributed by atoms with Crippen LogP contribution in [-0.4, -0.2) is 12.2 Å². The molecule has 6 heteroatoms. The molecule has 0 spiro atoms. The molecule has 21 heavy (non-hydrogen) atoms. The lowest BCUT2D eigenvalue weighted by atomic mass is 10.1. The van der Waals surface area contributed by atoms with Gasteiger partial charge in [0.15, 0.2) is 0 Å². The van der Waals surface area contributed by atoms with Gasteiger partial charge in [0.05, 0.1) is 11.3 Å². The molecule has 0 amide bonds. The standard InChI is InChI=1S/C15H16F2N2O2/c1-19(18)13-5-3-2-4-10(13)9-21-14-7-6-11(20)8-12(14)15(16)17/h2-8,15,20H,9,18H2,1H3. The van der Waals surface area contributed by atoms with Crippen molar-refractivity contribution in [2.45, 2.75) is 13.0 Å². The molecule has 0 saturated heterocycles. The Morgan fingerprint density at radius 1 is 1.24 bits per heavy atom. The topological polar surface area (TPSA) is 58.7 Å². The van der Waals surface area contributed by atoms with Gasteiger partial charge in [-0.05, 0) is 24.3 Å². The normalized spacial score (nSPS) is 10.7. The van der Waals surface area contributed by atoms with Gasteiger partial charge in [-0.3, -0.25) is 0 Å². The Hall–Kier alpha value is -2.34. The number of rotatable bonds is 5. The lowest BCUT2D eigenvalue weighted by Gasteiger charge is -2.18. The molecule has 2 rings (SSSR count). The lowest BCUT2D eigenvalue weighted by molar-refractivity contribution is 0.144. The molecule has 0 fully saturated rings. The zero-order chi connectivity index (χ0) is 15.4. The van der Waals surface area contributed by atoms with Crippen molar-refractivity contribution in [1.82, 2.24) is 0 Å². The molecule has 0 aliphatic rings. The molecular weight excluding hydrogens is 278 g/mol. The fourth-order valence-corrected chi connectivity index (χ4v) is 1.97. The predicted octanol–water partition coefficient (Wildman–Crippen LogP) is 3.22. The van der Waals surface area contributed by atoms with Gasteiger partial charge in [0, 0.05) is 12.6 Å². The van der Waals surface area contributed by atoms with Crippen LogP contribution in [0.5, 0.6) is 11.5 Å². The van der Waals surface area contributed by atoms with E-state index in [1.807, 2.05) is 18.2 Å². The van der Waals surface area contributed by atoms with E-state index >= 15 is 0 Å². The second-order valence-electron chi connectivity index (χ2n) is 4.55. The van der Waals surface area contributed by atoms with Gasteiger partial charge in [0.2, 0.25) is 0 Å². The Bertz CT molecular complexity index is 618. The van der Waals surface area contributed by atoms with E-state index in [-0.39, 0.29) is 23.7 Å². The van der Waals surface area contributed by atoms with E-state index in [0.29, 0.717) is 0 Å². The molecule has 0 bridgehead atoms. The first-order valence-corrected chi connectivity index (χ1v) is 6.29. The van der Waals surface area contributed by atoms with Crippen molar-refractivity contribution >= 4 is 5.69 Å². The molecular formula is C15H16F2N2O2. The van der Waals surface area contributed by atoms with Gasteiger partial charge in [-0.2, -0.15) is 0 Å². The number of phenolic OH excluding ortho intramolecular Hbond substituents is 1. The van der Waals surface area contributed by atoms with Crippen molar-refractivity contribution in [2.75, 3.05) is 12.1 Å². The minimum atomic E-state index is -2.72. The number of benzene rings is 2. The minimum absolute atomic E-state index is 0.0391. The molecule has 3 N–H and O–H groups in total. The highest BCUT2D eigenvalue weighted by molar-refractivity contribution is 5.51. The number of nitrogens with zero attached hydrogens (tertiary/aromatic N) is 1. The first-order valence-electron chi connectivity index (χ1n) is 6.29. The maximum atomic E-state index is 12.9. The monoisotopic (exact) mass is 294 g/mol. The first-order chi connectivity index (χ1) is 9.99. The molecule has 2 aromatic carbocycles. The van der Waals surface area contributed by atoms with E-state index in [0.717, 1.165) is 17.3 Å². The molecule has 0 aliphatic carbocycles. The van der Waals surface area contributed by atoms with E-state index in [2.05, 4.69) is 0 Å². The number of alkyl halides is 2. The smallest absolute Gasteiger partial charge is 0.267 e. The minimum Gasteiger partial charge on any atom is -0.508 e. The summed E-state index contributed by atoms with van der Waals surface area (Å²) >= 11 is 0. The number of hydrazine groups is 1. The number of anilines is 1. The van der Waals surface area contributed by atoms with Crippen LogP contribution >= 0.6 is 0 Å². The molecule has 0 aromatic heterocycles. The molecule has 0 aliphatic heterocycles. The predicted molar refractivity (Wildman–Crippen MR) is 76.4 cm³/mol. The number of aromatic hydroxyl groups is 1. The number of halogens is 2. The highest BCUT2D eigenvalue weighted by Crippen LogP contribution is 2.32. The Kier molecular flexibility index (Phi) is 4.59. The van der Waals surface area contributed by atoms with Gasteiger partial charge in [-0.25, -0.2) is 14.6 Å². The van der Waals surface area contributed by atoms with Gasteiger partial charge in [-0.1, -0.05) is 18.2 Å². The number of phenols is 1. The van der Waals surface area contributed by atoms with E-state index in [1.165, 1.54) is 17.1 Å². The summed E-state index contributed by atoms with van der Waals surface area (Å²) in [7, 11) is 1.68. The summed E-state index contributed by atoms with van der Waals surface area (Å²) in [5.74, 6) is 5.52. The summed E-state index contributed by atoms with van der Waals surface area (Å²) in [6.07, 6.45) is -2.72. The third kappa shape index (κ3) is 3.61. The van der Waals surface area contributed by atoms with Gasteiger partial charge in [0.25, 0.3) is 6.43 Å². The summed E-state index contributed by atoms with van der Waals surface area (Å²) in [6.45, 7) is 0.0994. The molecule has 0 atom stereocenters. The van der Waals surface area contributed by atoms with Crippen molar-refractivity contribution in [3.63, 3.8) is 0 Å². The molecule has 112 valence electrons. The quantitative estimate of drug-likeness (QED) is 0.656. The number of para-hydroxylation sites is 1. The van der Waals surface area contributed by atoms with Crippen LogP contribution in [0.15, 0.2) is 42.5 Å². The summed E-state index contributed by atoms with van der Waals surface area (Å²) in [5, 5.41) is 10.7. The third-order valence-corrected chi connectivity index (χ3v) is 2.98. The molecule has 0 radical (unpaired) electrons. The Morgan fingerprint density at radius 3 is 2.62 bits per heavy atom. The maximum absolute atomic E-state index is 12.9. The molecule has 2 aromatic rings. The molecule has 0 heterocycles. The fourth-order valence-electron chi connectivity index (χ4n) is 1.97. The zero-order valence-electron chi connectivity index (χ0n) is 11.5. The van der Waals surface area contributed by atoms with Gasteiger partial charge >= 0.3 is 0 Å². The van der Waals surface area contributed by atoms with Crippen molar-refractivity contribution in [2.24, 2.45) is 5.84 Å². The SMILES string of the molecule is CN(N)c1ccccc1COc1ccc(O)cc1C(F)F. The van der Waals surface area contributed by atoms with Crippen LogP contribution in [-0.2, 0) is 6.61 Å². The van der Waals surface area contributed by atoms with Crippen molar-refractivity contribution in [3.05, 3.63) is 53.6 Å². The van der Waals surface area contributed by atoms with Crippen molar-refractivity contribution in [1.29, 1.82) is 0 Å². The summed E-state index contributed by atoms with van der Waals surface area (Å²) in [5.41, 5.74) is 1.18. The first kappa shape index (κ1) is 15.1. The molecule has 0 unspecified atom stereocenters. The average molecular weight is 294 g/mol. The second kappa shape index (κ2) is 6.41. The van der Waals surface area contributed by atoms with Crippen molar-refractivity contribution < 1.29 is 18.6 Å². The Morgan fingerprint density at radius 2 is 1.95 bits per heavy atom. The summed E-state index contributed by atoms with van der Waals surface area (Å²) in [6, 6.07) is 10.9. The third-order valence-electron chi connectivity index (χ3n) is 2.98. The second-order valence-corrected chi connectivity index (χ2v) is 4.55.